The fraction of sp³-hybridized carbons (Fsp3) is 0.448. The summed E-state index contributed by atoms with van der Waals surface area (Å²) in [5, 5.41) is 18.1. The number of aromatic nitrogens is 6. The largest absolute Gasteiger partial charge is 0.411 e. The Hall–Kier alpha value is -2.59. The summed E-state index contributed by atoms with van der Waals surface area (Å²) in [5.41, 5.74) is 3.98. The van der Waals surface area contributed by atoms with Crippen molar-refractivity contribution in [3.8, 4) is 0 Å². The highest BCUT2D eigenvalue weighted by Crippen LogP contribution is 2.37. The normalized spacial score (nSPS) is 12.8. The second-order valence-corrected chi connectivity index (χ2v) is 17.6. The van der Waals surface area contributed by atoms with Gasteiger partial charge >= 0.3 is 0 Å². The van der Waals surface area contributed by atoms with E-state index in [4.69, 9.17) is 21.0 Å². The number of aromatic amines is 1. The first-order chi connectivity index (χ1) is 18.6. The third kappa shape index (κ3) is 7.33. The first-order valence-electron chi connectivity index (χ1n) is 13.5. The standard InChI is InChI=1S/C29H39ClN6OSSi/c1-7-8-15-27-31-25(20-37-39(5,6)29(2,3)4)26(36(27)19-21-12-9-10-14-24(21)30)18-22(28-32-34-35-33-28)17-23-13-11-16-38-23/h9-14,16,18H,7-8,15,17,19-20H2,1-6H3,(H,32,33,34,35)/b22-18+. The van der Waals surface area contributed by atoms with Crippen LogP contribution in [-0.4, -0.2) is 38.5 Å². The molecule has 4 rings (SSSR count). The summed E-state index contributed by atoms with van der Waals surface area (Å²) in [4.78, 5) is 6.43. The number of nitrogens with one attached hydrogen (secondary N) is 1. The van der Waals surface area contributed by atoms with Gasteiger partial charge in [-0.2, -0.15) is 5.21 Å². The van der Waals surface area contributed by atoms with Crippen LogP contribution in [0.3, 0.4) is 0 Å². The number of rotatable bonds is 12. The van der Waals surface area contributed by atoms with Crippen molar-refractivity contribution >= 4 is 42.9 Å². The average molecular weight is 583 g/mol. The zero-order valence-corrected chi connectivity index (χ0v) is 26.4. The predicted octanol–water partition coefficient (Wildman–Crippen LogP) is 7.81. The van der Waals surface area contributed by atoms with Gasteiger partial charge in [-0.25, -0.2) is 4.98 Å². The smallest absolute Gasteiger partial charge is 0.201 e. The molecular weight excluding hydrogens is 544 g/mol. The number of nitrogens with zero attached hydrogens (tertiary/aromatic N) is 5. The molecule has 0 fully saturated rings. The Bertz CT molecular complexity index is 1370. The Kier molecular flexibility index (Phi) is 9.59. The molecule has 0 aliphatic rings. The van der Waals surface area contributed by atoms with Crippen molar-refractivity contribution < 1.29 is 4.43 Å². The first-order valence-corrected chi connectivity index (χ1v) is 17.7. The van der Waals surface area contributed by atoms with Crippen LogP contribution in [0.1, 0.15) is 74.0 Å². The topological polar surface area (TPSA) is 81.5 Å². The molecule has 208 valence electrons. The number of hydrogen-bond acceptors (Lipinski definition) is 6. The molecule has 0 radical (unpaired) electrons. The van der Waals surface area contributed by atoms with Gasteiger partial charge in [0.15, 0.2) is 8.32 Å². The monoisotopic (exact) mass is 582 g/mol. The Morgan fingerprint density at radius 1 is 1.18 bits per heavy atom. The molecule has 0 aliphatic carbocycles. The number of hydrogen-bond donors (Lipinski definition) is 1. The summed E-state index contributed by atoms with van der Waals surface area (Å²) in [6.07, 6.45) is 5.89. The van der Waals surface area contributed by atoms with Crippen molar-refractivity contribution in [1.29, 1.82) is 0 Å². The van der Waals surface area contributed by atoms with Crippen molar-refractivity contribution in [1.82, 2.24) is 30.2 Å². The van der Waals surface area contributed by atoms with E-state index in [9.17, 15) is 0 Å². The number of aryl methyl sites for hydroxylation is 1. The molecule has 0 aliphatic heterocycles. The minimum Gasteiger partial charge on any atom is -0.411 e. The molecule has 4 aromatic rings. The van der Waals surface area contributed by atoms with Crippen LogP contribution in [0, 0.1) is 0 Å². The lowest BCUT2D eigenvalue weighted by Crippen LogP contribution is -2.40. The summed E-state index contributed by atoms with van der Waals surface area (Å²) < 4.78 is 9.01. The van der Waals surface area contributed by atoms with Gasteiger partial charge in [-0.3, -0.25) is 0 Å². The van der Waals surface area contributed by atoms with Crippen LogP contribution in [-0.2, 0) is 30.4 Å². The number of thiophene rings is 1. The van der Waals surface area contributed by atoms with E-state index < -0.39 is 8.32 Å². The average Bonchev–Trinajstić information content (AvgIpc) is 3.65. The minimum absolute atomic E-state index is 0.100. The first kappa shape index (κ1) is 29.4. The van der Waals surface area contributed by atoms with Crippen molar-refractivity contribution in [2.45, 2.75) is 84.7 Å². The predicted molar refractivity (Wildman–Crippen MR) is 163 cm³/mol. The minimum atomic E-state index is -2.00. The van der Waals surface area contributed by atoms with E-state index in [1.54, 1.807) is 11.3 Å². The SMILES string of the molecule is CCCCc1nc(CO[Si](C)(C)C(C)(C)C)c(/C=C(\Cc2cccs2)c2nn[nH]n2)n1Cc1ccccc1Cl. The van der Waals surface area contributed by atoms with E-state index in [1.807, 2.05) is 18.2 Å². The third-order valence-corrected chi connectivity index (χ3v) is 13.2. The van der Waals surface area contributed by atoms with Crippen LogP contribution in [0.25, 0.3) is 11.6 Å². The summed E-state index contributed by atoms with van der Waals surface area (Å²) in [6.45, 7) is 14.6. The number of H-pyrrole nitrogens is 1. The van der Waals surface area contributed by atoms with E-state index in [0.717, 1.165) is 52.6 Å². The van der Waals surface area contributed by atoms with E-state index in [1.165, 1.54) is 4.88 Å². The van der Waals surface area contributed by atoms with E-state index >= 15 is 0 Å². The molecule has 3 heterocycles. The Morgan fingerprint density at radius 3 is 2.62 bits per heavy atom. The van der Waals surface area contributed by atoms with Crippen LogP contribution >= 0.6 is 22.9 Å². The van der Waals surface area contributed by atoms with Gasteiger partial charge in [0.1, 0.15) is 5.82 Å². The maximum absolute atomic E-state index is 6.71. The van der Waals surface area contributed by atoms with Gasteiger partial charge in [0, 0.05) is 28.3 Å². The number of halogens is 1. The highest BCUT2D eigenvalue weighted by atomic mass is 35.5. The zero-order chi connectivity index (χ0) is 28.0. The van der Waals surface area contributed by atoms with Crippen molar-refractivity contribution in [2.24, 2.45) is 0 Å². The van der Waals surface area contributed by atoms with Gasteiger partial charge < -0.3 is 8.99 Å². The Morgan fingerprint density at radius 2 is 1.97 bits per heavy atom. The van der Waals surface area contributed by atoms with Gasteiger partial charge in [-0.05, 0) is 58.9 Å². The van der Waals surface area contributed by atoms with Crippen LogP contribution in [0.2, 0.25) is 23.2 Å². The molecule has 1 aromatic carbocycles. The molecule has 7 nitrogen and oxygen atoms in total. The summed E-state index contributed by atoms with van der Waals surface area (Å²) in [6, 6.07) is 12.2. The second-order valence-electron chi connectivity index (χ2n) is 11.4. The van der Waals surface area contributed by atoms with Crippen LogP contribution in [0.4, 0.5) is 0 Å². The molecular formula is C29H39ClN6OSSi. The van der Waals surface area contributed by atoms with Crippen molar-refractivity contribution in [3.63, 3.8) is 0 Å². The highest BCUT2D eigenvalue weighted by molar-refractivity contribution is 7.10. The number of imidazole rings is 1. The lowest BCUT2D eigenvalue weighted by atomic mass is 10.1. The van der Waals surface area contributed by atoms with Crippen LogP contribution in [0.5, 0.6) is 0 Å². The van der Waals surface area contributed by atoms with Crippen LogP contribution in [0.15, 0.2) is 41.8 Å². The number of tetrazole rings is 1. The Balaban J connectivity index is 1.86. The molecule has 39 heavy (non-hydrogen) atoms. The van der Waals surface area contributed by atoms with Gasteiger partial charge in [0.05, 0.1) is 24.5 Å². The fourth-order valence-electron chi connectivity index (χ4n) is 4.06. The van der Waals surface area contributed by atoms with Gasteiger partial charge in [0.2, 0.25) is 5.82 Å². The number of allylic oxidation sites excluding steroid dienone is 1. The molecule has 0 saturated carbocycles. The molecule has 0 bridgehead atoms. The molecule has 0 saturated heterocycles. The van der Waals surface area contributed by atoms with Crippen molar-refractivity contribution in [2.75, 3.05) is 0 Å². The number of benzene rings is 1. The van der Waals surface area contributed by atoms with Crippen molar-refractivity contribution in [3.05, 3.63) is 80.3 Å². The van der Waals surface area contributed by atoms with E-state index in [-0.39, 0.29) is 5.04 Å². The second kappa shape index (κ2) is 12.7. The molecule has 0 atom stereocenters. The number of unbranched alkanes of at least 4 members (excludes halogenated alkanes) is 1. The quantitative estimate of drug-likeness (QED) is 0.172. The maximum atomic E-state index is 6.71. The zero-order valence-electron chi connectivity index (χ0n) is 23.8. The lowest BCUT2D eigenvalue weighted by Gasteiger charge is -2.36. The van der Waals surface area contributed by atoms with Crippen LogP contribution < -0.4 is 0 Å². The molecule has 0 spiro atoms. The molecule has 1 N–H and O–H groups in total. The maximum Gasteiger partial charge on any atom is 0.201 e. The molecule has 10 heteroatoms. The van der Waals surface area contributed by atoms with Gasteiger partial charge in [-0.15, -0.1) is 21.5 Å². The molecule has 3 aromatic heterocycles. The highest BCUT2D eigenvalue weighted by Gasteiger charge is 2.37. The Labute approximate surface area is 241 Å². The summed E-state index contributed by atoms with van der Waals surface area (Å²) in [7, 11) is -2.00. The molecule has 0 unspecified atom stereocenters. The van der Waals surface area contributed by atoms with E-state index in [0.29, 0.717) is 25.4 Å². The summed E-state index contributed by atoms with van der Waals surface area (Å²) >= 11 is 8.36. The molecule has 0 amide bonds. The van der Waals surface area contributed by atoms with E-state index in [2.05, 4.69) is 95.6 Å². The van der Waals surface area contributed by atoms with Gasteiger partial charge in [-0.1, -0.05) is 70.0 Å². The summed E-state index contributed by atoms with van der Waals surface area (Å²) in [5.74, 6) is 1.63. The van der Waals surface area contributed by atoms with Gasteiger partial charge in [0.25, 0.3) is 0 Å². The third-order valence-electron chi connectivity index (χ3n) is 7.47. The lowest BCUT2D eigenvalue weighted by molar-refractivity contribution is 0.272. The fourth-order valence-corrected chi connectivity index (χ4v) is 5.91.